The van der Waals surface area contributed by atoms with Gasteiger partial charge in [-0.1, -0.05) is 42.5 Å². The van der Waals surface area contributed by atoms with E-state index in [4.69, 9.17) is 9.90 Å². The molecule has 236 valence electrons. The molecule has 3 aromatic carbocycles. The Hall–Kier alpha value is -3.89. The predicted octanol–water partition coefficient (Wildman–Crippen LogP) is 5.03. The number of phenolic OH excluding ortho intramolecular Hbond substituents is 1. The number of hydrogen-bond donors (Lipinski definition) is 5. The molecule has 0 aromatic heterocycles. The number of carbonyl (C=O) groups is 1. The maximum atomic E-state index is 13.8. The van der Waals surface area contributed by atoms with Crippen LogP contribution in [0.15, 0.2) is 66.7 Å². The molecule has 1 unspecified atom stereocenters. The van der Waals surface area contributed by atoms with Gasteiger partial charge in [0.05, 0.1) is 23.6 Å². The topological polar surface area (TPSA) is 136 Å². The van der Waals surface area contributed by atoms with Crippen LogP contribution in [0.2, 0.25) is 0 Å². The zero-order valence-corrected chi connectivity index (χ0v) is 23.1. The SMILES string of the molecule is CS(=O)(=O)Nc1cc(C[C@H](O)CNC(Cc2ccccc2)c2ccc(F)c(C(F)(F)F)c2)ccc1O.O=C(O)C(F)(F)F. The van der Waals surface area contributed by atoms with Crippen molar-refractivity contribution >= 4 is 21.7 Å². The van der Waals surface area contributed by atoms with Crippen molar-refractivity contribution in [2.24, 2.45) is 0 Å². The summed E-state index contributed by atoms with van der Waals surface area (Å²) >= 11 is 0. The largest absolute Gasteiger partial charge is 0.506 e. The lowest BCUT2D eigenvalue weighted by molar-refractivity contribution is -0.192. The molecular weight excluding hydrogens is 613 g/mol. The maximum absolute atomic E-state index is 13.8. The number of aromatic hydroxyl groups is 1. The Bertz CT molecular complexity index is 1480. The molecule has 0 aliphatic heterocycles. The first-order chi connectivity index (χ1) is 19.8. The standard InChI is InChI=1S/C25H26F4N2O4S.C2HF3O2/c1-36(34,35)31-23-13-17(7-10-24(23)33)11-19(32)15-30-22(12-16-5-3-2-4-6-16)18-8-9-21(26)20(14-18)25(27,28)29;3-2(4,5)1(6)7/h2-10,13-14,19,22,30-33H,11-12,15H2,1H3;(H,6,7)/t19-,22?;/m0./s1. The first-order valence-electron chi connectivity index (χ1n) is 12.2. The number of sulfonamides is 1. The van der Waals surface area contributed by atoms with Crippen molar-refractivity contribution in [3.63, 3.8) is 0 Å². The summed E-state index contributed by atoms with van der Waals surface area (Å²) < 4.78 is 111. The summed E-state index contributed by atoms with van der Waals surface area (Å²) in [4.78, 5) is 8.90. The Morgan fingerprint density at radius 1 is 0.907 bits per heavy atom. The summed E-state index contributed by atoms with van der Waals surface area (Å²) in [5.41, 5.74) is 0.161. The average Bonchev–Trinajstić information content (AvgIpc) is 2.88. The molecule has 5 N–H and O–H groups in total. The molecule has 0 heterocycles. The van der Waals surface area contributed by atoms with E-state index in [1.165, 1.54) is 24.3 Å². The minimum Gasteiger partial charge on any atom is -0.506 e. The van der Waals surface area contributed by atoms with Gasteiger partial charge in [0, 0.05) is 12.6 Å². The van der Waals surface area contributed by atoms with E-state index in [-0.39, 0.29) is 36.4 Å². The van der Waals surface area contributed by atoms with Crippen molar-refractivity contribution in [3.8, 4) is 5.75 Å². The number of aliphatic hydroxyl groups excluding tert-OH is 1. The number of alkyl halides is 6. The summed E-state index contributed by atoms with van der Waals surface area (Å²) in [5.74, 6) is -4.40. The lowest BCUT2D eigenvalue weighted by Gasteiger charge is -2.23. The van der Waals surface area contributed by atoms with Crippen molar-refractivity contribution < 1.29 is 59.3 Å². The molecule has 3 rings (SSSR count). The molecular formula is C27H27F7N2O6S. The number of anilines is 1. The van der Waals surface area contributed by atoms with E-state index in [9.17, 15) is 49.4 Å². The number of hydrogen-bond acceptors (Lipinski definition) is 6. The van der Waals surface area contributed by atoms with Gasteiger partial charge in [0.15, 0.2) is 0 Å². The number of rotatable bonds is 10. The summed E-state index contributed by atoms with van der Waals surface area (Å²) in [6.45, 7) is -0.0219. The fourth-order valence-electron chi connectivity index (χ4n) is 3.75. The molecule has 0 amide bonds. The summed E-state index contributed by atoms with van der Waals surface area (Å²) in [5, 5.41) is 30.6. The minimum absolute atomic E-state index is 0.0219. The lowest BCUT2D eigenvalue weighted by Crippen LogP contribution is -2.33. The highest BCUT2D eigenvalue weighted by Crippen LogP contribution is 2.33. The Morgan fingerprint density at radius 2 is 1.51 bits per heavy atom. The lowest BCUT2D eigenvalue weighted by atomic mass is 9.96. The van der Waals surface area contributed by atoms with Gasteiger partial charge in [-0.15, -0.1) is 0 Å². The second-order valence-electron chi connectivity index (χ2n) is 9.27. The number of carboxylic acid groups (broad SMARTS) is 1. The number of aliphatic carboxylic acids is 1. The Balaban J connectivity index is 0.000000821. The van der Waals surface area contributed by atoms with Gasteiger partial charge in [0.2, 0.25) is 10.0 Å². The van der Waals surface area contributed by atoms with Gasteiger partial charge >= 0.3 is 18.3 Å². The molecule has 0 saturated heterocycles. The zero-order valence-electron chi connectivity index (χ0n) is 22.2. The molecule has 0 radical (unpaired) electrons. The number of benzene rings is 3. The van der Waals surface area contributed by atoms with E-state index in [2.05, 4.69) is 10.0 Å². The van der Waals surface area contributed by atoms with Crippen molar-refractivity contribution in [2.75, 3.05) is 17.5 Å². The fraction of sp³-hybridized carbons (Fsp3) is 0.296. The quantitative estimate of drug-likeness (QED) is 0.155. The van der Waals surface area contributed by atoms with E-state index in [0.717, 1.165) is 24.0 Å². The first kappa shape index (κ1) is 35.3. The van der Waals surface area contributed by atoms with E-state index in [1.54, 1.807) is 18.2 Å². The van der Waals surface area contributed by atoms with Crippen LogP contribution in [0.3, 0.4) is 0 Å². The summed E-state index contributed by atoms with van der Waals surface area (Å²) in [6, 6.07) is 15.4. The molecule has 16 heteroatoms. The van der Waals surface area contributed by atoms with E-state index in [0.29, 0.717) is 5.56 Å². The molecule has 0 fully saturated rings. The van der Waals surface area contributed by atoms with Gasteiger partial charge in [0.1, 0.15) is 11.6 Å². The van der Waals surface area contributed by atoms with Crippen LogP contribution >= 0.6 is 0 Å². The fourth-order valence-corrected chi connectivity index (χ4v) is 4.31. The van der Waals surface area contributed by atoms with Crippen molar-refractivity contribution in [2.45, 2.75) is 37.3 Å². The third kappa shape index (κ3) is 12.1. The van der Waals surface area contributed by atoms with Crippen LogP contribution in [0.25, 0.3) is 0 Å². The monoisotopic (exact) mass is 640 g/mol. The smallest absolute Gasteiger partial charge is 0.490 e. The third-order valence-corrected chi connectivity index (χ3v) is 6.24. The molecule has 43 heavy (non-hydrogen) atoms. The zero-order chi connectivity index (χ0) is 32.6. The van der Waals surface area contributed by atoms with Gasteiger partial charge in [0.25, 0.3) is 0 Å². The van der Waals surface area contributed by atoms with E-state index in [1.807, 2.05) is 12.1 Å². The summed E-state index contributed by atoms with van der Waals surface area (Å²) in [6.07, 6.45) is -9.64. The van der Waals surface area contributed by atoms with Crippen LogP contribution in [0.1, 0.15) is 28.3 Å². The summed E-state index contributed by atoms with van der Waals surface area (Å²) in [7, 11) is -3.64. The van der Waals surface area contributed by atoms with Crippen LogP contribution in [-0.2, 0) is 33.8 Å². The van der Waals surface area contributed by atoms with Crippen LogP contribution < -0.4 is 10.0 Å². The normalized spacial score (nSPS) is 13.4. The average molecular weight is 641 g/mol. The molecule has 0 aliphatic rings. The maximum Gasteiger partial charge on any atom is 0.490 e. The van der Waals surface area contributed by atoms with Gasteiger partial charge in [-0.2, -0.15) is 26.3 Å². The number of nitrogens with one attached hydrogen (secondary N) is 2. The second kappa shape index (κ2) is 14.5. The van der Waals surface area contributed by atoms with Crippen molar-refractivity contribution in [3.05, 3.63) is 94.8 Å². The number of aliphatic hydroxyl groups is 1. The Morgan fingerprint density at radius 3 is 2.05 bits per heavy atom. The molecule has 0 aliphatic carbocycles. The Labute approximate surface area is 241 Å². The number of carboxylic acids is 1. The Kier molecular flexibility index (Phi) is 11.9. The number of phenols is 1. The van der Waals surface area contributed by atoms with Crippen LogP contribution in [-0.4, -0.2) is 54.8 Å². The molecule has 0 bridgehead atoms. The number of halogens is 7. The molecule has 2 atom stereocenters. The van der Waals surface area contributed by atoms with E-state index < -0.39 is 51.9 Å². The highest BCUT2D eigenvalue weighted by atomic mass is 32.2. The van der Waals surface area contributed by atoms with Gasteiger partial charge in [-0.3, -0.25) is 4.72 Å². The first-order valence-corrected chi connectivity index (χ1v) is 14.1. The van der Waals surface area contributed by atoms with Crippen molar-refractivity contribution in [1.29, 1.82) is 0 Å². The highest BCUT2D eigenvalue weighted by molar-refractivity contribution is 7.92. The minimum atomic E-state index is -5.08. The predicted molar refractivity (Wildman–Crippen MR) is 142 cm³/mol. The molecule has 0 spiro atoms. The van der Waals surface area contributed by atoms with Crippen LogP contribution in [0.4, 0.5) is 36.4 Å². The van der Waals surface area contributed by atoms with Crippen molar-refractivity contribution in [1.82, 2.24) is 5.32 Å². The highest BCUT2D eigenvalue weighted by Gasteiger charge is 2.38. The van der Waals surface area contributed by atoms with Gasteiger partial charge in [-0.25, -0.2) is 17.6 Å². The second-order valence-corrected chi connectivity index (χ2v) is 11.0. The molecule has 0 saturated carbocycles. The van der Waals surface area contributed by atoms with Gasteiger partial charge < -0.3 is 20.6 Å². The van der Waals surface area contributed by atoms with Crippen LogP contribution in [0.5, 0.6) is 5.75 Å². The van der Waals surface area contributed by atoms with Crippen LogP contribution in [0, 0.1) is 5.82 Å². The molecule has 8 nitrogen and oxygen atoms in total. The van der Waals surface area contributed by atoms with E-state index >= 15 is 0 Å². The molecule has 3 aromatic rings. The van der Waals surface area contributed by atoms with Gasteiger partial charge in [-0.05, 0) is 53.8 Å². The third-order valence-electron chi connectivity index (χ3n) is 5.65.